The molecular formula is C12H15Cl2NO2. The average molecular weight is 276 g/mol. The van der Waals surface area contributed by atoms with Gasteiger partial charge in [0.1, 0.15) is 0 Å². The normalized spacial score (nSPS) is 14.6. The number of nitrogens with zero attached hydrogens (tertiary/aromatic N) is 1. The third kappa shape index (κ3) is 2.57. The van der Waals surface area contributed by atoms with E-state index < -0.39 is 11.0 Å². The molecule has 0 amide bonds. The Balaban J connectivity index is 3.35. The first-order valence-corrected chi connectivity index (χ1v) is 6.16. The molecule has 1 rings (SSSR count). The molecule has 5 heteroatoms. The lowest BCUT2D eigenvalue weighted by atomic mass is 10.0. The van der Waals surface area contributed by atoms with Crippen molar-refractivity contribution in [2.24, 2.45) is 0 Å². The number of likely N-dealkylation sites (N-methyl/N-ethyl adjacent to an activating group) is 1. The highest BCUT2D eigenvalue weighted by molar-refractivity contribution is 6.37. The zero-order valence-corrected chi connectivity index (χ0v) is 11.3. The number of halogens is 2. The second-order valence-electron chi connectivity index (χ2n) is 3.58. The maximum absolute atomic E-state index is 11.5. The van der Waals surface area contributed by atoms with Crippen LogP contribution in [0.3, 0.4) is 0 Å². The highest BCUT2D eigenvalue weighted by Crippen LogP contribution is 2.37. The maximum atomic E-state index is 11.5. The van der Waals surface area contributed by atoms with Crippen molar-refractivity contribution in [2.45, 2.75) is 18.8 Å². The largest absolute Gasteiger partial charge is 0.479 e. The number of carbonyl (C=O) groups is 1. The molecule has 1 N–H and O–H groups in total. The Morgan fingerprint density at radius 2 is 1.88 bits per heavy atom. The molecule has 0 aliphatic heterocycles. The van der Waals surface area contributed by atoms with Crippen LogP contribution in [-0.4, -0.2) is 29.1 Å². The van der Waals surface area contributed by atoms with Crippen LogP contribution in [0.4, 0.5) is 0 Å². The van der Waals surface area contributed by atoms with Crippen LogP contribution >= 0.6 is 23.2 Å². The van der Waals surface area contributed by atoms with E-state index in [4.69, 9.17) is 23.2 Å². The van der Waals surface area contributed by atoms with Gasteiger partial charge in [-0.15, -0.1) is 0 Å². The highest BCUT2D eigenvalue weighted by Gasteiger charge is 2.44. The van der Waals surface area contributed by atoms with Crippen molar-refractivity contribution in [3.05, 3.63) is 34.9 Å². The quantitative estimate of drug-likeness (QED) is 0.663. The Bertz CT molecular complexity index is 407. The lowest BCUT2D eigenvalue weighted by Crippen LogP contribution is -2.47. The summed E-state index contributed by atoms with van der Waals surface area (Å²) in [5.74, 6) is -1.11. The van der Waals surface area contributed by atoms with Gasteiger partial charge < -0.3 is 5.11 Å². The molecule has 94 valence electrons. The van der Waals surface area contributed by atoms with Gasteiger partial charge in [-0.2, -0.15) is 0 Å². The lowest BCUT2D eigenvalue weighted by molar-refractivity contribution is -0.146. The van der Waals surface area contributed by atoms with Gasteiger partial charge in [0.2, 0.25) is 5.00 Å². The van der Waals surface area contributed by atoms with Gasteiger partial charge >= 0.3 is 5.97 Å². The van der Waals surface area contributed by atoms with E-state index in [1.807, 2.05) is 13.8 Å². The maximum Gasteiger partial charge on any atom is 0.344 e. The number of carboxylic acid groups (broad SMARTS) is 1. The molecule has 0 spiro atoms. The van der Waals surface area contributed by atoms with Crippen molar-refractivity contribution < 1.29 is 9.90 Å². The summed E-state index contributed by atoms with van der Waals surface area (Å²) in [4.78, 5) is 11.5. The van der Waals surface area contributed by atoms with Crippen molar-refractivity contribution in [1.82, 2.24) is 4.90 Å². The van der Waals surface area contributed by atoms with Gasteiger partial charge in [-0.25, -0.2) is 4.79 Å². The molecule has 0 fully saturated rings. The zero-order chi connectivity index (χ0) is 13.1. The number of alkyl halides is 1. The number of aliphatic carboxylic acids is 1. The molecule has 0 aromatic heterocycles. The summed E-state index contributed by atoms with van der Waals surface area (Å²) in [7, 11) is 0. The Hall–Kier alpha value is -0.770. The van der Waals surface area contributed by atoms with Crippen molar-refractivity contribution in [1.29, 1.82) is 0 Å². The summed E-state index contributed by atoms with van der Waals surface area (Å²) in [5, 5.41) is 9.77. The minimum Gasteiger partial charge on any atom is -0.479 e. The third-order valence-corrected chi connectivity index (χ3v) is 3.65. The fraction of sp³-hybridized carbons (Fsp3) is 0.417. The van der Waals surface area contributed by atoms with Crippen LogP contribution in [0.1, 0.15) is 19.4 Å². The Morgan fingerprint density at radius 3 is 2.29 bits per heavy atom. The van der Waals surface area contributed by atoms with Gasteiger partial charge in [-0.3, -0.25) is 4.90 Å². The summed E-state index contributed by atoms with van der Waals surface area (Å²) >= 11 is 12.3. The molecule has 1 atom stereocenters. The second kappa shape index (κ2) is 5.71. The van der Waals surface area contributed by atoms with E-state index >= 15 is 0 Å². The molecule has 0 saturated carbocycles. The number of benzene rings is 1. The monoisotopic (exact) mass is 275 g/mol. The molecule has 1 aromatic carbocycles. The summed E-state index contributed by atoms with van der Waals surface area (Å²) in [6.07, 6.45) is 0. The third-order valence-electron chi connectivity index (χ3n) is 2.71. The molecule has 0 aliphatic rings. The standard InChI is InChI=1S/C12H15Cl2NO2/c1-3-15(4-2)12(14,11(16)17)9-7-5-6-8-10(9)13/h5-8H,3-4H2,1-2H3,(H,16,17). The van der Waals surface area contributed by atoms with Crippen LogP contribution in [0.5, 0.6) is 0 Å². The molecule has 0 saturated heterocycles. The smallest absolute Gasteiger partial charge is 0.344 e. The van der Waals surface area contributed by atoms with E-state index in [1.165, 1.54) is 0 Å². The van der Waals surface area contributed by atoms with Crippen molar-refractivity contribution in [3.8, 4) is 0 Å². The molecule has 0 aliphatic carbocycles. The van der Waals surface area contributed by atoms with Gasteiger partial charge in [0.05, 0.1) is 0 Å². The van der Waals surface area contributed by atoms with Crippen molar-refractivity contribution >= 4 is 29.2 Å². The summed E-state index contributed by atoms with van der Waals surface area (Å²) in [6, 6.07) is 6.75. The molecule has 0 heterocycles. The van der Waals surface area contributed by atoms with Gasteiger partial charge in [0.15, 0.2) is 0 Å². The number of rotatable bonds is 5. The molecule has 3 nitrogen and oxygen atoms in total. The number of hydrogen-bond donors (Lipinski definition) is 1. The first-order chi connectivity index (χ1) is 7.98. The topological polar surface area (TPSA) is 40.5 Å². The second-order valence-corrected chi connectivity index (χ2v) is 4.53. The molecule has 0 radical (unpaired) electrons. The predicted octanol–water partition coefficient (Wildman–Crippen LogP) is 3.16. The zero-order valence-electron chi connectivity index (χ0n) is 9.78. The summed E-state index contributed by atoms with van der Waals surface area (Å²) < 4.78 is 0. The van der Waals surface area contributed by atoms with E-state index in [0.717, 1.165) is 0 Å². The fourth-order valence-electron chi connectivity index (χ4n) is 1.81. The Kier molecular flexibility index (Phi) is 4.80. The summed E-state index contributed by atoms with van der Waals surface area (Å²) in [5.41, 5.74) is 0.402. The molecule has 17 heavy (non-hydrogen) atoms. The summed E-state index contributed by atoms with van der Waals surface area (Å²) in [6.45, 7) is 4.77. The van der Waals surface area contributed by atoms with Gasteiger partial charge in [0, 0.05) is 10.6 Å². The van der Waals surface area contributed by atoms with Gasteiger partial charge in [-0.05, 0) is 19.2 Å². The van der Waals surface area contributed by atoms with Gasteiger partial charge in [0.25, 0.3) is 0 Å². The van der Waals surface area contributed by atoms with E-state index in [2.05, 4.69) is 0 Å². The minimum atomic E-state index is -1.61. The number of carboxylic acids is 1. The molecule has 1 aromatic rings. The SMILES string of the molecule is CCN(CC)C(Cl)(C(=O)O)c1ccccc1Cl. The lowest BCUT2D eigenvalue weighted by Gasteiger charge is -2.35. The van der Waals surface area contributed by atoms with Gasteiger partial charge in [-0.1, -0.05) is 55.2 Å². The van der Waals surface area contributed by atoms with E-state index in [-0.39, 0.29) is 0 Å². The van der Waals surface area contributed by atoms with Crippen LogP contribution in [-0.2, 0) is 9.79 Å². The minimum absolute atomic E-state index is 0.358. The fourth-order valence-corrected chi connectivity index (χ4v) is 2.53. The van der Waals surface area contributed by atoms with Crippen LogP contribution in [0.15, 0.2) is 24.3 Å². The van der Waals surface area contributed by atoms with Crippen molar-refractivity contribution in [3.63, 3.8) is 0 Å². The first kappa shape index (κ1) is 14.3. The van der Waals surface area contributed by atoms with E-state index in [9.17, 15) is 9.90 Å². The Morgan fingerprint density at radius 1 is 1.35 bits per heavy atom. The van der Waals surface area contributed by atoms with Crippen LogP contribution in [0.2, 0.25) is 5.02 Å². The molecular weight excluding hydrogens is 261 g/mol. The van der Waals surface area contributed by atoms with Crippen LogP contribution < -0.4 is 0 Å². The average Bonchev–Trinajstić information content (AvgIpc) is 2.30. The van der Waals surface area contributed by atoms with Crippen LogP contribution in [0, 0.1) is 0 Å². The Labute approximate surface area is 111 Å². The van der Waals surface area contributed by atoms with Crippen LogP contribution in [0.25, 0.3) is 0 Å². The number of hydrogen-bond acceptors (Lipinski definition) is 2. The predicted molar refractivity (Wildman–Crippen MR) is 69.5 cm³/mol. The highest BCUT2D eigenvalue weighted by atomic mass is 35.5. The molecule has 0 bridgehead atoms. The van der Waals surface area contributed by atoms with E-state index in [0.29, 0.717) is 23.7 Å². The van der Waals surface area contributed by atoms with Crippen molar-refractivity contribution in [2.75, 3.05) is 13.1 Å². The first-order valence-electron chi connectivity index (χ1n) is 5.40. The molecule has 1 unspecified atom stereocenters. The van der Waals surface area contributed by atoms with E-state index in [1.54, 1.807) is 29.2 Å².